The van der Waals surface area contributed by atoms with Crippen molar-refractivity contribution in [1.29, 1.82) is 0 Å². The van der Waals surface area contributed by atoms with Gasteiger partial charge in [-0.05, 0) is 36.2 Å². The van der Waals surface area contributed by atoms with Crippen LogP contribution < -0.4 is 5.32 Å². The molecule has 3 aromatic rings. The summed E-state index contributed by atoms with van der Waals surface area (Å²) >= 11 is 0. The maximum Gasteiger partial charge on any atom is 0.0457 e. The Morgan fingerprint density at radius 2 is 2.16 bits per heavy atom. The minimum absolute atomic E-state index is 0.294. The summed E-state index contributed by atoms with van der Waals surface area (Å²) in [7, 11) is 0. The monoisotopic (exact) mass is 251 g/mol. The van der Waals surface area contributed by atoms with Crippen LogP contribution in [0.15, 0.2) is 55.0 Å². The highest BCUT2D eigenvalue weighted by Gasteiger charge is 2.06. The molecule has 0 radical (unpaired) electrons. The third-order valence-corrected chi connectivity index (χ3v) is 3.47. The maximum absolute atomic E-state index is 4.16. The molecule has 0 saturated carbocycles. The number of aromatic nitrogens is 2. The standard InChI is InChI=1S/C16H17N3/c1-12(13-5-3-8-17-10-13)19-11-14-4-2-6-16-15(14)7-9-18-16/h2-10,12,18-19H,11H2,1H3/t12-/m1/s1. The van der Waals surface area contributed by atoms with Crippen LogP contribution in [0.2, 0.25) is 0 Å². The number of hydrogen-bond acceptors (Lipinski definition) is 2. The quantitative estimate of drug-likeness (QED) is 0.746. The molecule has 3 nitrogen and oxygen atoms in total. The molecule has 3 rings (SSSR count). The van der Waals surface area contributed by atoms with Crippen LogP contribution in [-0.2, 0) is 6.54 Å². The summed E-state index contributed by atoms with van der Waals surface area (Å²) in [5, 5.41) is 4.83. The van der Waals surface area contributed by atoms with Crippen LogP contribution in [0.25, 0.3) is 10.9 Å². The van der Waals surface area contributed by atoms with Gasteiger partial charge in [0.2, 0.25) is 0 Å². The fourth-order valence-corrected chi connectivity index (χ4v) is 2.32. The molecule has 0 aliphatic rings. The van der Waals surface area contributed by atoms with Crippen molar-refractivity contribution in [3.8, 4) is 0 Å². The van der Waals surface area contributed by atoms with Gasteiger partial charge in [0.25, 0.3) is 0 Å². The molecule has 1 atom stereocenters. The van der Waals surface area contributed by atoms with E-state index in [0.717, 1.165) is 6.54 Å². The van der Waals surface area contributed by atoms with Crippen LogP contribution in [0, 0.1) is 0 Å². The molecule has 0 unspecified atom stereocenters. The molecule has 3 heteroatoms. The van der Waals surface area contributed by atoms with Crippen molar-refractivity contribution < 1.29 is 0 Å². The molecule has 0 amide bonds. The SMILES string of the molecule is C[C@@H](NCc1cccc2[nH]ccc12)c1cccnc1. The normalized spacial score (nSPS) is 12.7. The van der Waals surface area contributed by atoms with Crippen LogP contribution in [0.5, 0.6) is 0 Å². The summed E-state index contributed by atoms with van der Waals surface area (Å²) in [4.78, 5) is 7.40. The lowest BCUT2D eigenvalue weighted by atomic mass is 10.1. The fourth-order valence-electron chi connectivity index (χ4n) is 2.32. The van der Waals surface area contributed by atoms with Gasteiger partial charge in [0, 0.05) is 42.1 Å². The van der Waals surface area contributed by atoms with E-state index in [4.69, 9.17) is 0 Å². The van der Waals surface area contributed by atoms with E-state index in [2.05, 4.69) is 52.5 Å². The number of H-pyrrole nitrogens is 1. The number of aromatic amines is 1. The van der Waals surface area contributed by atoms with Crippen molar-refractivity contribution in [3.63, 3.8) is 0 Å². The average Bonchev–Trinajstić information content (AvgIpc) is 2.94. The second-order valence-corrected chi connectivity index (χ2v) is 4.74. The van der Waals surface area contributed by atoms with Crippen LogP contribution in [0.1, 0.15) is 24.1 Å². The summed E-state index contributed by atoms with van der Waals surface area (Å²) in [5.41, 5.74) is 3.71. The zero-order valence-electron chi connectivity index (χ0n) is 10.9. The zero-order valence-corrected chi connectivity index (χ0v) is 10.9. The fraction of sp³-hybridized carbons (Fsp3) is 0.188. The topological polar surface area (TPSA) is 40.7 Å². The third kappa shape index (κ3) is 2.51. The van der Waals surface area contributed by atoms with Crippen molar-refractivity contribution in [2.24, 2.45) is 0 Å². The van der Waals surface area contributed by atoms with Gasteiger partial charge in [-0.15, -0.1) is 0 Å². The first kappa shape index (κ1) is 11.9. The summed E-state index contributed by atoms with van der Waals surface area (Å²) in [6.07, 6.45) is 5.70. The van der Waals surface area contributed by atoms with E-state index in [1.165, 1.54) is 22.0 Å². The molecule has 2 N–H and O–H groups in total. The lowest BCUT2D eigenvalue weighted by Gasteiger charge is -2.14. The van der Waals surface area contributed by atoms with E-state index in [9.17, 15) is 0 Å². The Labute approximate surface area is 112 Å². The molecule has 0 bridgehead atoms. The van der Waals surface area contributed by atoms with Crippen LogP contribution in [0.4, 0.5) is 0 Å². The Kier molecular flexibility index (Phi) is 3.29. The van der Waals surface area contributed by atoms with Crippen molar-refractivity contribution >= 4 is 10.9 Å². The molecule has 19 heavy (non-hydrogen) atoms. The first-order chi connectivity index (χ1) is 9.34. The molecule has 0 fully saturated rings. The summed E-state index contributed by atoms with van der Waals surface area (Å²) in [6.45, 7) is 3.01. The van der Waals surface area contributed by atoms with Gasteiger partial charge in [0.1, 0.15) is 0 Å². The summed E-state index contributed by atoms with van der Waals surface area (Å²) < 4.78 is 0. The van der Waals surface area contributed by atoms with Crippen molar-refractivity contribution in [2.45, 2.75) is 19.5 Å². The Morgan fingerprint density at radius 1 is 1.21 bits per heavy atom. The number of pyridine rings is 1. The Bertz CT molecular complexity index is 658. The molecule has 2 aromatic heterocycles. The highest BCUT2D eigenvalue weighted by Crippen LogP contribution is 2.18. The van der Waals surface area contributed by atoms with Gasteiger partial charge >= 0.3 is 0 Å². The van der Waals surface area contributed by atoms with Gasteiger partial charge in [-0.1, -0.05) is 18.2 Å². The molecule has 0 aliphatic heterocycles. The Morgan fingerprint density at radius 3 is 3.00 bits per heavy atom. The van der Waals surface area contributed by atoms with Crippen molar-refractivity contribution in [3.05, 3.63) is 66.1 Å². The van der Waals surface area contributed by atoms with Gasteiger partial charge in [-0.2, -0.15) is 0 Å². The number of nitrogens with one attached hydrogen (secondary N) is 2. The molecule has 2 heterocycles. The second kappa shape index (κ2) is 5.24. The molecular weight excluding hydrogens is 234 g/mol. The Hall–Kier alpha value is -2.13. The number of fused-ring (bicyclic) bond motifs is 1. The molecule has 0 aliphatic carbocycles. The minimum Gasteiger partial charge on any atom is -0.361 e. The summed E-state index contributed by atoms with van der Waals surface area (Å²) in [6, 6.07) is 12.8. The number of nitrogens with zero attached hydrogens (tertiary/aromatic N) is 1. The average molecular weight is 251 g/mol. The first-order valence-electron chi connectivity index (χ1n) is 6.53. The van der Waals surface area contributed by atoms with E-state index in [0.29, 0.717) is 6.04 Å². The maximum atomic E-state index is 4.16. The highest BCUT2D eigenvalue weighted by atomic mass is 14.9. The van der Waals surface area contributed by atoms with E-state index in [1.807, 2.05) is 18.5 Å². The minimum atomic E-state index is 0.294. The van der Waals surface area contributed by atoms with Crippen molar-refractivity contribution in [2.75, 3.05) is 0 Å². The lowest BCUT2D eigenvalue weighted by molar-refractivity contribution is 0.575. The second-order valence-electron chi connectivity index (χ2n) is 4.74. The van der Waals surface area contributed by atoms with Gasteiger partial charge in [-0.3, -0.25) is 4.98 Å². The summed E-state index contributed by atoms with van der Waals surface area (Å²) in [5.74, 6) is 0. The van der Waals surface area contributed by atoms with Crippen molar-refractivity contribution in [1.82, 2.24) is 15.3 Å². The number of hydrogen-bond donors (Lipinski definition) is 2. The molecule has 96 valence electrons. The van der Waals surface area contributed by atoms with Gasteiger partial charge in [0.05, 0.1) is 0 Å². The van der Waals surface area contributed by atoms with Crippen LogP contribution >= 0.6 is 0 Å². The van der Waals surface area contributed by atoms with E-state index >= 15 is 0 Å². The van der Waals surface area contributed by atoms with E-state index in [-0.39, 0.29) is 0 Å². The van der Waals surface area contributed by atoms with Gasteiger partial charge in [-0.25, -0.2) is 0 Å². The predicted molar refractivity (Wildman–Crippen MR) is 77.8 cm³/mol. The van der Waals surface area contributed by atoms with Crippen LogP contribution in [0.3, 0.4) is 0 Å². The molecule has 1 aromatic carbocycles. The van der Waals surface area contributed by atoms with E-state index in [1.54, 1.807) is 6.20 Å². The Balaban J connectivity index is 1.74. The highest BCUT2D eigenvalue weighted by molar-refractivity contribution is 5.82. The van der Waals surface area contributed by atoms with Crippen LogP contribution in [-0.4, -0.2) is 9.97 Å². The van der Waals surface area contributed by atoms with E-state index < -0.39 is 0 Å². The zero-order chi connectivity index (χ0) is 13.1. The molecule has 0 saturated heterocycles. The molecular formula is C16H17N3. The third-order valence-electron chi connectivity index (χ3n) is 3.47. The number of benzene rings is 1. The van der Waals surface area contributed by atoms with Gasteiger partial charge < -0.3 is 10.3 Å². The largest absolute Gasteiger partial charge is 0.361 e. The molecule has 0 spiro atoms. The number of rotatable bonds is 4. The first-order valence-corrected chi connectivity index (χ1v) is 6.53. The lowest BCUT2D eigenvalue weighted by Crippen LogP contribution is -2.18. The smallest absolute Gasteiger partial charge is 0.0457 e. The predicted octanol–water partition coefficient (Wildman–Crippen LogP) is 3.41. The van der Waals surface area contributed by atoms with Gasteiger partial charge in [0.15, 0.2) is 0 Å².